The Hall–Kier alpha value is -2.39. The highest BCUT2D eigenvalue weighted by molar-refractivity contribution is 7.89. The molecule has 0 saturated heterocycles. The normalized spacial score (nSPS) is 11.4. The Bertz CT molecular complexity index is 1120. The first-order chi connectivity index (χ1) is 13.2. The van der Waals surface area contributed by atoms with E-state index in [1.165, 1.54) is 28.9 Å². The van der Waals surface area contributed by atoms with Crippen LogP contribution in [0.5, 0.6) is 0 Å². The van der Waals surface area contributed by atoms with Gasteiger partial charge in [-0.05, 0) is 43.3 Å². The van der Waals surface area contributed by atoms with E-state index in [0.717, 1.165) is 0 Å². The van der Waals surface area contributed by atoms with Crippen molar-refractivity contribution in [1.29, 1.82) is 0 Å². The molecule has 0 spiro atoms. The second kappa shape index (κ2) is 7.92. The molecule has 3 aromatic rings. The minimum atomic E-state index is -3.84. The van der Waals surface area contributed by atoms with E-state index in [2.05, 4.69) is 5.10 Å². The van der Waals surface area contributed by atoms with E-state index in [1.807, 2.05) is 0 Å². The van der Waals surface area contributed by atoms with E-state index in [-0.39, 0.29) is 22.2 Å². The van der Waals surface area contributed by atoms with Crippen LogP contribution in [0.4, 0.5) is 0 Å². The summed E-state index contributed by atoms with van der Waals surface area (Å²) in [5, 5.41) is 10.1. The average Bonchev–Trinajstić information content (AvgIpc) is 2.99. The molecule has 0 amide bonds. The molecule has 0 radical (unpaired) electrons. The Labute approximate surface area is 171 Å². The van der Waals surface area contributed by atoms with Crippen molar-refractivity contribution in [3.63, 3.8) is 0 Å². The van der Waals surface area contributed by atoms with Gasteiger partial charge in [0, 0.05) is 10.6 Å². The number of benzene rings is 2. The molecule has 0 fully saturated rings. The van der Waals surface area contributed by atoms with Gasteiger partial charge in [-0.3, -0.25) is 0 Å². The number of halogens is 2. The van der Waals surface area contributed by atoms with Gasteiger partial charge in [0.2, 0.25) is 10.0 Å². The van der Waals surface area contributed by atoms with Crippen molar-refractivity contribution in [2.75, 3.05) is 6.61 Å². The lowest BCUT2D eigenvalue weighted by atomic mass is 10.1. The Balaban J connectivity index is 2.20. The fourth-order valence-electron chi connectivity index (χ4n) is 2.55. The van der Waals surface area contributed by atoms with Gasteiger partial charge < -0.3 is 4.74 Å². The first-order valence-electron chi connectivity index (χ1n) is 8.07. The molecule has 1 heterocycles. The summed E-state index contributed by atoms with van der Waals surface area (Å²) in [5.41, 5.74) is 1.52. The molecule has 2 aromatic carbocycles. The zero-order valence-electron chi connectivity index (χ0n) is 14.6. The van der Waals surface area contributed by atoms with Crippen LogP contribution in [0.3, 0.4) is 0 Å². The molecule has 1 aromatic heterocycles. The Morgan fingerprint density at radius 3 is 2.25 bits per heavy atom. The number of nitrogens with two attached hydrogens (primary N) is 1. The second-order valence-electron chi connectivity index (χ2n) is 5.69. The molecule has 0 atom stereocenters. The highest BCUT2D eigenvalue weighted by Crippen LogP contribution is 2.34. The maximum Gasteiger partial charge on any atom is 0.360 e. The number of primary sulfonamides is 1. The number of esters is 1. The Morgan fingerprint density at radius 2 is 1.71 bits per heavy atom. The number of hydrogen-bond acceptors (Lipinski definition) is 5. The third-order valence-electron chi connectivity index (χ3n) is 3.82. The predicted molar refractivity (Wildman–Crippen MR) is 106 cm³/mol. The van der Waals surface area contributed by atoms with Gasteiger partial charge in [-0.2, -0.15) is 5.10 Å². The molecule has 0 aliphatic rings. The van der Waals surface area contributed by atoms with Crippen LogP contribution in [0.15, 0.2) is 53.4 Å². The molecule has 0 saturated carbocycles. The van der Waals surface area contributed by atoms with Gasteiger partial charge in [0.1, 0.15) is 5.02 Å². The summed E-state index contributed by atoms with van der Waals surface area (Å²) in [6, 6.07) is 12.5. The number of aromatic nitrogens is 2. The van der Waals surface area contributed by atoms with Crippen LogP contribution in [-0.4, -0.2) is 30.8 Å². The van der Waals surface area contributed by atoms with Crippen molar-refractivity contribution >= 4 is 39.2 Å². The number of carbonyl (C=O) groups excluding carboxylic acids is 1. The molecular weight excluding hydrogens is 425 g/mol. The molecule has 3 rings (SSSR count). The van der Waals surface area contributed by atoms with Crippen molar-refractivity contribution in [3.05, 3.63) is 64.3 Å². The minimum Gasteiger partial charge on any atom is -0.461 e. The second-order valence-corrected chi connectivity index (χ2v) is 8.07. The summed E-state index contributed by atoms with van der Waals surface area (Å²) in [4.78, 5) is 12.2. The quantitative estimate of drug-likeness (QED) is 0.610. The van der Waals surface area contributed by atoms with Crippen LogP contribution in [-0.2, 0) is 14.8 Å². The Kier molecular flexibility index (Phi) is 5.76. The van der Waals surface area contributed by atoms with Gasteiger partial charge >= 0.3 is 5.97 Å². The van der Waals surface area contributed by atoms with E-state index in [0.29, 0.717) is 22.0 Å². The minimum absolute atomic E-state index is 0.0480. The van der Waals surface area contributed by atoms with Crippen LogP contribution in [0.1, 0.15) is 17.4 Å². The van der Waals surface area contributed by atoms with Gasteiger partial charge in [-0.15, -0.1) is 0 Å². The summed E-state index contributed by atoms with van der Waals surface area (Å²) >= 11 is 12.4. The summed E-state index contributed by atoms with van der Waals surface area (Å²) < 4.78 is 29.4. The van der Waals surface area contributed by atoms with Gasteiger partial charge in [-0.1, -0.05) is 35.3 Å². The zero-order valence-corrected chi connectivity index (χ0v) is 16.9. The van der Waals surface area contributed by atoms with Gasteiger partial charge in [-0.25, -0.2) is 23.0 Å². The fourth-order valence-corrected chi connectivity index (χ4v) is 3.50. The van der Waals surface area contributed by atoms with E-state index >= 15 is 0 Å². The lowest BCUT2D eigenvalue weighted by molar-refractivity contribution is 0.0519. The molecule has 0 aliphatic heterocycles. The Morgan fingerprint density at radius 1 is 1.11 bits per heavy atom. The highest BCUT2D eigenvalue weighted by Gasteiger charge is 2.25. The van der Waals surface area contributed by atoms with Crippen molar-refractivity contribution in [2.24, 2.45) is 5.14 Å². The first kappa shape index (κ1) is 20.3. The third-order valence-corrected chi connectivity index (χ3v) is 5.36. The molecule has 0 bridgehead atoms. The van der Waals surface area contributed by atoms with Crippen LogP contribution < -0.4 is 5.14 Å². The first-order valence-corrected chi connectivity index (χ1v) is 10.4. The van der Waals surface area contributed by atoms with Gasteiger partial charge in [0.15, 0.2) is 5.69 Å². The maximum absolute atomic E-state index is 12.2. The highest BCUT2D eigenvalue weighted by atomic mass is 35.5. The van der Waals surface area contributed by atoms with E-state index < -0.39 is 16.0 Å². The number of rotatable bonds is 5. The van der Waals surface area contributed by atoms with Crippen molar-refractivity contribution in [1.82, 2.24) is 9.78 Å². The lowest BCUT2D eigenvalue weighted by Gasteiger charge is -2.09. The lowest BCUT2D eigenvalue weighted by Crippen LogP contribution is -2.12. The average molecular weight is 440 g/mol. The topological polar surface area (TPSA) is 104 Å². The van der Waals surface area contributed by atoms with E-state index in [4.69, 9.17) is 33.1 Å². The van der Waals surface area contributed by atoms with Crippen LogP contribution in [0.25, 0.3) is 16.9 Å². The number of ether oxygens (including phenoxy) is 1. The van der Waals surface area contributed by atoms with E-state index in [9.17, 15) is 13.2 Å². The summed E-state index contributed by atoms with van der Waals surface area (Å²) in [7, 11) is -3.84. The third kappa shape index (κ3) is 4.05. The molecule has 28 heavy (non-hydrogen) atoms. The standard InChI is InChI=1S/C18H15Cl2N3O4S/c1-2-27-18(24)16-15(20)17(11-3-5-12(19)6-4-11)23(22-16)13-7-9-14(10-8-13)28(21,25)26/h3-10H,2H2,1H3,(H2,21,25,26). The molecule has 146 valence electrons. The molecule has 0 aliphatic carbocycles. The number of carbonyl (C=O) groups is 1. The molecule has 7 nitrogen and oxygen atoms in total. The van der Waals surface area contributed by atoms with Crippen molar-refractivity contribution in [3.8, 4) is 16.9 Å². The zero-order chi connectivity index (χ0) is 20.5. The maximum atomic E-state index is 12.2. The largest absolute Gasteiger partial charge is 0.461 e. The van der Waals surface area contributed by atoms with Crippen LogP contribution in [0.2, 0.25) is 10.0 Å². The number of nitrogens with zero attached hydrogens (tertiary/aromatic N) is 2. The molecule has 10 heteroatoms. The van der Waals surface area contributed by atoms with Crippen LogP contribution >= 0.6 is 23.2 Å². The summed E-state index contributed by atoms with van der Waals surface area (Å²) in [6.45, 7) is 1.84. The SMILES string of the molecule is CCOC(=O)c1nn(-c2ccc(S(N)(=O)=O)cc2)c(-c2ccc(Cl)cc2)c1Cl. The smallest absolute Gasteiger partial charge is 0.360 e. The predicted octanol–water partition coefficient (Wildman–Crippen LogP) is 3.67. The summed E-state index contributed by atoms with van der Waals surface area (Å²) in [6.07, 6.45) is 0. The van der Waals surface area contributed by atoms with Gasteiger partial charge in [0.25, 0.3) is 0 Å². The monoisotopic (exact) mass is 439 g/mol. The van der Waals surface area contributed by atoms with E-state index in [1.54, 1.807) is 31.2 Å². The molecular formula is C18H15Cl2N3O4S. The number of sulfonamides is 1. The molecule has 2 N–H and O–H groups in total. The fraction of sp³-hybridized carbons (Fsp3) is 0.111. The van der Waals surface area contributed by atoms with Crippen LogP contribution in [0, 0.1) is 0 Å². The molecule has 0 unspecified atom stereocenters. The summed E-state index contributed by atoms with van der Waals surface area (Å²) in [5.74, 6) is -0.664. The number of hydrogen-bond donors (Lipinski definition) is 1. The van der Waals surface area contributed by atoms with Crippen molar-refractivity contribution < 1.29 is 17.9 Å². The van der Waals surface area contributed by atoms with Crippen molar-refractivity contribution in [2.45, 2.75) is 11.8 Å². The van der Waals surface area contributed by atoms with Gasteiger partial charge in [0.05, 0.1) is 22.9 Å².